The van der Waals surface area contributed by atoms with E-state index in [4.69, 9.17) is 0 Å². The van der Waals surface area contributed by atoms with Crippen LogP contribution in [0.2, 0.25) is 0 Å². The first-order chi connectivity index (χ1) is 11.8. The van der Waals surface area contributed by atoms with E-state index in [1.54, 1.807) is 4.90 Å². The lowest BCUT2D eigenvalue weighted by Crippen LogP contribution is -2.34. The van der Waals surface area contributed by atoms with Crippen LogP contribution in [0.1, 0.15) is 12.5 Å². The summed E-state index contributed by atoms with van der Waals surface area (Å²) in [4.78, 5) is 13.4. The van der Waals surface area contributed by atoms with Crippen LogP contribution in [0.25, 0.3) is 0 Å². The third-order valence-electron chi connectivity index (χ3n) is 3.55. The highest BCUT2D eigenvalue weighted by Crippen LogP contribution is 2.20. The highest BCUT2D eigenvalue weighted by molar-refractivity contribution is 7.91. The summed E-state index contributed by atoms with van der Waals surface area (Å²) in [5.41, 5.74) is 1.29. The zero-order valence-corrected chi connectivity index (χ0v) is 14.3. The Balaban J connectivity index is 2.06. The summed E-state index contributed by atoms with van der Waals surface area (Å²) in [7, 11) is -4.64. The Morgan fingerprint density at radius 2 is 1.68 bits per heavy atom. The number of hydrogen-bond donors (Lipinski definition) is 1. The van der Waals surface area contributed by atoms with Crippen LogP contribution in [0.15, 0.2) is 59.5 Å². The van der Waals surface area contributed by atoms with Gasteiger partial charge in [0.2, 0.25) is 9.84 Å². The third-order valence-corrected chi connectivity index (χ3v) is 4.95. The first kappa shape index (κ1) is 18.9. The van der Waals surface area contributed by atoms with Crippen molar-refractivity contribution in [2.75, 3.05) is 11.9 Å². The Morgan fingerprint density at radius 3 is 2.20 bits per heavy atom. The number of alkyl halides is 2. The van der Waals surface area contributed by atoms with Crippen molar-refractivity contribution in [3.63, 3.8) is 0 Å². The molecule has 0 heterocycles. The van der Waals surface area contributed by atoms with Gasteiger partial charge in [-0.25, -0.2) is 13.2 Å². The number of nitrogens with one attached hydrogen (secondary N) is 1. The zero-order valence-electron chi connectivity index (χ0n) is 13.5. The van der Waals surface area contributed by atoms with Crippen molar-refractivity contribution in [2.24, 2.45) is 0 Å². The second-order valence-electron chi connectivity index (χ2n) is 5.26. The normalized spacial score (nSPS) is 11.4. The van der Waals surface area contributed by atoms with Gasteiger partial charge >= 0.3 is 11.8 Å². The summed E-state index contributed by atoms with van der Waals surface area (Å²) < 4.78 is 47.8. The molecule has 0 spiro atoms. The van der Waals surface area contributed by atoms with E-state index in [0.717, 1.165) is 17.7 Å². The van der Waals surface area contributed by atoms with Gasteiger partial charge in [0, 0.05) is 18.8 Å². The standard InChI is InChI=1S/C17H18F2N2O3S/c1-2-21(12-13-6-4-3-5-7-13)17(22)20-14-8-10-15(11-9-14)25(23,24)16(18)19/h3-11,16H,2,12H2,1H3,(H,20,22). The van der Waals surface area contributed by atoms with Crippen molar-refractivity contribution in [1.82, 2.24) is 4.90 Å². The molecule has 0 bridgehead atoms. The van der Waals surface area contributed by atoms with Crippen molar-refractivity contribution >= 4 is 21.6 Å². The second kappa shape index (κ2) is 8.06. The average molecular weight is 368 g/mol. The molecule has 0 saturated carbocycles. The minimum atomic E-state index is -4.64. The van der Waals surface area contributed by atoms with Gasteiger partial charge in [-0.05, 0) is 36.8 Å². The second-order valence-corrected chi connectivity index (χ2v) is 7.18. The molecule has 5 nitrogen and oxygen atoms in total. The van der Waals surface area contributed by atoms with Crippen molar-refractivity contribution in [3.05, 3.63) is 60.2 Å². The van der Waals surface area contributed by atoms with Crippen LogP contribution in [0.4, 0.5) is 19.3 Å². The Kier molecular flexibility index (Phi) is 6.08. The minimum Gasteiger partial charge on any atom is -0.320 e. The maximum Gasteiger partial charge on any atom is 0.341 e. The van der Waals surface area contributed by atoms with E-state index in [1.807, 2.05) is 37.3 Å². The Labute approximate surface area is 145 Å². The number of carbonyl (C=O) groups is 1. The number of anilines is 1. The fraction of sp³-hybridized carbons (Fsp3) is 0.235. The summed E-state index contributed by atoms with van der Waals surface area (Å²) in [6.07, 6.45) is 0. The Hall–Kier alpha value is -2.48. The lowest BCUT2D eigenvalue weighted by Gasteiger charge is -2.21. The van der Waals surface area contributed by atoms with Gasteiger partial charge in [-0.3, -0.25) is 0 Å². The molecule has 2 rings (SSSR count). The van der Waals surface area contributed by atoms with Gasteiger partial charge < -0.3 is 10.2 Å². The molecule has 134 valence electrons. The van der Waals surface area contributed by atoms with Crippen molar-refractivity contribution in [2.45, 2.75) is 24.1 Å². The topological polar surface area (TPSA) is 66.5 Å². The number of urea groups is 1. The van der Waals surface area contributed by atoms with Crippen molar-refractivity contribution in [3.8, 4) is 0 Å². The number of nitrogens with zero attached hydrogens (tertiary/aromatic N) is 1. The maximum absolute atomic E-state index is 12.5. The van der Waals surface area contributed by atoms with Crippen LogP contribution in [0.5, 0.6) is 0 Å². The molecular formula is C17H18F2N2O3S. The molecule has 0 atom stereocenters. The van der Waals surface area contributed by atoms with Gasteiger partial charge in [-0.2, -0.15) is 8.78 Å². The molecule has 2 aromatic rings. The summed E-state index contributed by atoms with van der Waals surface area (Å²) >= 11 is 0. The van der Waals surface area contributed by atoms with Gasteiger partial charge in [0.1, 0.15) is 0 Å². The molecule has 0 aromatic heterocycles. The molecule has 0 unspecified atom stereocenters. The number of rotatable bonds is 6. The van der Waals surface area contributed by atoms with Gasteiger partial charge in [-0.15, -0.1) is 0 Å². The molecule has 1 N–H and O–H groups in total. The van der Waals surface area contributed by atoms with Crippen LogP contribution >= 0.6 is 0 Å². The summed E-state index contributed by atoms with van der Waals surface area (Å²) in [6.45, 7) is 2.72. The number of halogens is 2. The number of hydrogen-bond acceptors (Lipinski definition) is 3. The van der Waals surface area contributed by atoms with E-state index >= 15 is 0 Å². The highest BCUT2D eigenvalue weighted by atomic mass is 32.2. The average Bonchev–Trinajstić information content (AvgIpc) is 2.60. The molecule has 2 amide bonds. The predicted octanol–water partition coefficient (Wildman–Crippen LogP) is 3.74. The Bertz CT molecular complexity index is 810. The smallest absolute Gasteiger partial charge is 0.320 e. The quantitative estimate of drug-likeness (QED) is 0.845. The first-order valence-electron chi connectivity index (χ1n) is 7.56. The fourth-order valence-electron chi connectivity index (χ4n) is 2.16. The van der Waals surface area contributed by atoms with E-state index in [9.17, 15) is 22.0 Å². The van der Waals surface area contributed by atoms with Crippen LogP contribution in [-0.4, -0.2) is 31.7 Å². The van der Waals surface area contributed by atoms with Gasteiger partial charge in [0.05, 0.1) is 4.90 Å². The molecular weight excluding hydrogens is 350 g/mol. The molecule has 2 aromatic carbocycles. The van der Waals surface area contributed by atoms with Crippen LogP contribution < -0.4 is 5.32 Å². The third kappa shape index (κ3) is 4.76. The maximum atomic E-state index is 12.5. The summed E-state index contributed by atoms with van der Waals surface area (Å²) in [6, 6.07) is 13.7. The summed E-state index contributed by atoms with van der Waals surface area (Å²) in [5, 5.41) is 2.63. The molecule has 25 heavy (non-hydrogen) atoms. The molecule has 0 aliphatic rings. The van der Waals surface area contributed by atoms with E-state index < -0.39 is 20.5 Å². The molecule has 0 saturated heterocycles. The first-order valence-corrected chi connectivity index (χ1v) is 9.11. The monoisotopic (exact) mass is 368 g/mol. The fourth-order valence-corrected chi connectivity index (χ4v) is 2.89. The molecule has 0 fully saturated rings. The number of sulfone groups is 1. The van der Waals surface area contributed by atoms with E-state index in [-0.39, 0.29) is 6.03 Å². The van der Waals surface area contributed by atoms with Crippen LogP contribution in [0, 0.1) is 0 Å². The number of carbonyl (C=O) groups excluding carboxylic acids is 1. The minimum absolute atomic E-state index is 0.324. The largest absolute Gasteiger partial charge is 0.341 e. The summed E-state index contributed by atoms with van der Waals surface area (Å²) in [5.74, 6) is -3.48. The SMILES string of the molecule is CCN(Cc1ccccc1)C(=O)Nc1ccc(S(=O)(=O)C(F)F)cc1. The number of benzene rings is 2. The predicted molar refractivity (Wildman–Crippen MR) is 91.2 cm³/mol. The molecule has 0 radical (unpaired) electrons. The lowest BCUT2D eigenvalue weighted by molar-refractivity contribution is 0.212. The molecule has 0 aliphatic carbocycles. The van der Waals surface area contributed by atoms with E-state index in [1.165, 1.54) is 12.1 Å². The highest BCUT2D eigenvalue weighted by Gasteiger charge is 2.26. The Morgan fingerprint density at radius 1 is 1.08 bits per heavy atom. The zero-order chi connectivity index (χ0) is 18.4. The molecule has 0 aliphatic heterocycles. The number of amides is 2. The van der Waals surface area contributed by atoms with Gasteiger partial charge in [0.25, 0.3) is 0 Å². The van der Waals surface area contributed by atoms with Gasteiger partial charge in [-0.1, -0.05) is 30.3 Å². The van der Waals surface area contributed by atoms with Gasteiger partial charge in [0.15, 0.2) is 0 Å². The van der Waals surface area contributed by atoms with Crippen molar-refractivity contribution < 1.29 is 22.0 Å². The lowest BCUT2D eigenvalue weighted by atomic mass is 10.2. The van der Waals surface area contributed by atoms with Crippen LogP contribution in [0.3, 0.4) is 0 Å². The van der Waals surface area contributed by atoms with E-state index in [0.29, 0.717) is 18.8 Å². The molecule has 8 heteroatoms. The van der Waals surface area contributed by atoms with E-state index in [2.05, 4.69) is 5.32 Å². The van der Waals surface area contributed by atoms with Crippen molar-refractivity contribution in [1.29, 1.82) is 0 Å². The van der Waals surface area contributed by atoms with Crippen LogP contribution in [-0.2, 0) is 16.4 Å².